The molecule has 1 aromatic carbocycles. The predicted octanol–water partition coefficient (Wildman–Crippen LogP) is 3.53. The number of hydrogen-bond donors (Lipinski definition) is 1. The topological polar surface area (TPSA) is 38.7 Å². The van der Waals surface area contributed by atoms with E-state index in [-0.39, 0.29) is 11.2 Å². The monoisotopic (exact) mass is 312 g/mol. The Hall–Kier alpha value is -1.14. The minimum Gasteiger partial charge on any atom is -0.508 e. The molecule has 0 aromatic heterocycles. The molecular formula is C16H23BF2O3. The molecule has 122 valence electrons. The summed E-state index contributed by atoms with van der Waals surface area (Å²) in [6.07, 6.45) is 2.97. The standard InChI is InChI=1S/C16H23BF2O3/c1-5-15(6-2)16(7-3,8-4)22-17(21-15)11-9-12(18)13(19)10-14(11)20/h9-10,20H,5-8H2,1-4H3. The Kier molecular flexibility index (Phi) is 4.83. The summed E-state index contributed by atoms with van der Waals surface area (Å²) >= 11 is 0. The summed E-state index contributed by atoms with van der Waals surface area (Å²) in [4.78, 5) is 0. The summed E-state index contributed by atoms with van der Waals surface area (Å²) in [5.41, 5.74) is -0.870. The molecule has 0 spiro atoms. The Bertz CT molecular complexity index is 522. The molecule has 0 atom stereocenters. The fourth-order valence-electron chi connectivity index (χ4n) is 3.64. The molecule has 0 aliphatic carbocycles. The Morgan fingerprint density at radius 2 is 1.32 bits per heavy atom. The van der Waals surface area contributed by atoms with E-state index in [0.717, 1.165) is 37.8 Å². The molecule has 1 N–H and O–H groups in total. The van der Waals surface area contributed by atoms with Gasteiger partial charge in [0.25, 0.3) is 0 Å². The van der Waals surface area contributed by atoms with E-state index in [2.05, 4.69) is 0 Å². The summed E-state index contributed by atoms with van der Waals surface area (Å²) in [6.45, 7) is 8.11. The van der Waals surface area contributed by atoms with Crippen molar-refractivity contribution in [3.8, 4) is 5.75 Å². The molecule has 0 unspecified atom stereocenters. The van der Waals surface area contributed by atoms with Crippen LogP contribution in [0.15, 0.2) is 12.1 Å². The maximum Gasteiger partial charge on any atom is 0.498 e. The van der Waals surface area contributed by atoms with Crippen molar-refractivity contribution < 1.29 is 23.2 Å². The molecule has 1 fully saturated rings. The molecule has 0 saturated carbocycles. The van der Waals surface area contributed by atoms with Gasteiger partial charge in [-0.15, -0.1) is 0 Å². The largest absolute Gasteiger partial charge is 0.508 e. The summed E-state index contributed by atoms with van der Waals surface area (Å²) in [6, 6.07) is 1.71. The summed E-state index contributed by atoms with van der Waals surface area (Å²) < 4.78 is 39.0. The van der Waals surface area contributed by atoms with E-state index in [4.69, 9.17) is 9.31 Å². The first-order valence-electron chi connectivity index (χ1n) is 7.92. The number of rotatable bonds is 5. The van der Waals surface area contributed by atoms with Crippen molar-refractivity contribution in [2.75, 3.05) is 0 Å². The highest BCUT2D eigenvalue weighted by Gasteiger charge is 2.59. The zero-order valence-corrected chi connectivity index (χ0v) is 13.6. The van der Waals surface area contributed by atoms with Crippen molar-refractivity contribution in [1.29, 1.82) is 0 Å². The van der Waals surface area contributed by atoms with E-state index in [9.17, 15) is 13.9 Å². The van der Waals surface area contributed by atoms with Crippen LogP contribution in [0.3, 0.4) is 0 Å². The molecular weight excluding hydrogens is 289 g/mol. The van der Waals surface area contributed by atoms with Crippen LogP contribution in [0.4, 0.5) is 8.78 Å². The smallest absolute Gasteiger partial charge is 0.498 e. The molecule has 1 aromatic rings. The van der Waals surface area contributed by atoms with Gasteiger partial charge in [0.2, 0.25) is 0 Å². The normalized spacial score (nSPS) is 19.6. The SMILES string of the molecule is CCC1(CC)OB(c2cc(F)c(F)cc2O)OC1(CC)CC. The van der Waals surface area contributed by atoms with Crippen LogP contribution in [0.2, 0.25) is 0 Å². The fraction of sp³-hybridized carbons (Fsp3) is 0.625. The lowest BCUT2D eigenvalue weighted by Crippen LogP contribution is -2.50. The molecule has 6 heteroatoms. The van der Waals surface area contributed by atoms with Gasteiger partial charge in [0.05, 0.1) is 11.2 Å². The number of phenolic OH excluding ortho intramolecular Hbond substituents is 1. The van der Waals surface area contributed by atoms with Gasteiger partial charge in [-0.1, -0.05) is 27.7 Å². The number of aromatic hydroxyl groups is 1. The molecule has 0 radical (unpaired) electrons. The summed E-state index contributed by atoms with van der Waals surface area (Å²) in [7, 11) is -0.894. The van der Waals surface area contributed by atoms with Gasteiger partial charge in [-0.05, 0) is 31.7 Å². The van der Waals surface area contributed by atoms with Crippen LogP contribution in [0.5, 0.6) is 5.75 Å². The van der Waals surface area contributed by atoms with E-state index in [1.807, 2.05) is 27.7 Å². The van der Waals surface area contributed by atoms with E-state index in [0.29, 0.717) is 0 Å². The molecule has 0 amide bonds. The molecule has 1 aliphatic heterocycles. The fourth-order valence-corrected chi connectivity index (χ4v) is 3.64. The molecule has 1 heterocycles. The zero-order valence-electron chi connectivity index (χ0n) is 13.6. The maximum absolute atomic E-state index is 13.5. The second-order valence-corrected chi connectivity index (χ2v) is 5.80. The Morgan fingerprint density at radius 3 is 1.73 bits per heavy atom. The minimum atomic E-state index is -1.09. The lowest BCUT2D eigenvalue weighted by molar-refractivity contribution is -0.0601. The lowest BCUT2D eigenvalue weighted by atomic mass is 9.75. The van der Waals surface area contributed by atoms with Crippen molar-refractivity contribution in [1.82, 2.24) is 0 Å². The lowest BCUT2D eigenvalue weighted by Gasteiger charge is -2.42. The van der Waals surface area contributed by atoms with Crippen LogP contribution in [0.1, 0.15) is 53.4 Å². The number of benzene rings is 1. The van der Waals surface area contributed by atoms with Gasteiger partial charge in [0, 0.05) is 11.5 Å². The van der Waals surface area contributed by atoms with Gasteiger partial charge in [-0.2, -0.15) is 0 Å². The molecule has 22 heavy (non-hydrogen) atoms. The third-order valence-corrected chi connectivity index (χ3v) is 5.10. The first-order chi connectivity index (χ1) is 10.4. The molecule has 0 bridgehead atoms. The zero-order chi connectivity index (χ0) is 16.5. The van der Waals surface area contributed by atoms with Crippen LogP contribution in [0.25, 0.3) is 0 Å². The van der Waals surface area contributed by atoms with Gasteiger partial charge in [-0.3, -0.25) is 0 Å². The van der Waals surface area contributed by atoms with Crippen LogP contribution in [0, 0.1) is 11.6 Å². The molecule has 2 rings (SSSR count). The van der Waals surface area contributed by atoms with E-state index in [1.165, 1.54) is 0 Å². The Balaban J connectivity index is 2.46. The van der Waals surface area contributed by atoms with Crippen molar-refractivity contribution in [3.05, 3.63) is 23.8 Å². The third kappa shape index (κ3) is 2.42. The average molecular weight is 312 g/mol. The number of hydrogen-bond acceptors (Lipinski definition) is 3. The number of phenols is 1. The van der Waals surface area contributed by atoms with Crippen LogP contribution < -0.4 is 5.46 Å². The average Bonchev–Trinajstić information content (AvgIpc) is 2.86. The van der Waals surface area contributed by atoms with Crippen molar-refractivity contribution in [2.45, 2.75) is 64.6 Å². The second kappa shape index (κ2) is 6.16. The van der Waals surface area contributed by atoms with Crippen LogP contribution in [-0.2, 0) is 9.31 Å². The summed E-state index contributed by atoms with van der Waals surface area (Å²) in [5, 5.41) is 9.94. The van der Waals surface area contributed by atoms with Crippen molar-refractivity contribution in [3.63, 3.8) is 0 Å². The van der Waals surface area contributed by atoms with Crippen molar-refractivity contribution >= 4 is 12.6 Å². The third-order valence-electron chi connectivity index (χ3n) is 5.10. The van der Waals surface area contributed by atoms with Gasteiger partial charge >= 0.3 is 7.12 Å². The second-order valence-electron chi connectivity index (χ2n) is 5.80. The van der Waals surface area contributed by atoms with E-state index < -0.39 is 30.0 Å². The first-order valence-corrected chi connectivity index (χ1v) is 7.92. The Labute approximate surface area is 130 Å². The van der Waals surface area contributed by atoms with Gasteiger partial charge < -0.3 is 14.4 Å². The number of halogens is 2. The summed E-state index contributed by atoms with van der Waals surface area (Å²) in [5.74, 6) is -2.47. The van der Waals surface area contributed by atoms with Crippen LogP contribution >= 0.6 is 0 Å². The maximum atomic E-state index is 13.5. The van der Waals surface area contributed by atoms with E-state index >= 15 is 0 Å². The highest BCUT2D eigenvalue weighted by Crippen LogP contribution is 2.47. The highest BCUT2D eigenvalue weighted by molar-refractivity contribution is 6.63. The van der Waals surface area contributed by atoms with E-state index in [1.54, 1.807) is 0 Å². The van der Waals surface area contributed by atoms with Gasteiger partial charge in [0.15, 0.2) is 11.6 Å². The quantitative estimate of drug-likeness (QED) is 0.845. The minimum absolute atomic E-state index is 0.133. The Morgan fingerprint density at radius 1 is 0.909 bits per heavy atom. The molecule has 1 aliphatic rings. The van der Waals surface area contributed by atoms with Gasteiger partial charge in [0.1, 0.15) is 5.75 Å². The van der Waals surface area contributed by atoms with Crippen LogP contribution in [-0.4, -0.2) is 23.4 Å². The van der Waals surface area contributed by atoms with Crippen molar-refractivity contribution in [2.24, 2.45) is 0 Å². The van der Waals surface area contributed by atoms with Gasteiger partial charge in [-0.25, -0.2) is 8.78 Å². The molecule has 3 nitrogen and oxygen atoms in total. The highest BCUT2D eigenvalue weighted by atomic mass is 19.2. The first kappa shape index (κ1) is 17.2. The predicted molar refractivity (Wildman–Crippen MR) is 82.2 cm³/mol. The molecule has 1 saturated heterocycles.